The van der Waals surface area contributed by atoms with E-state index in [2.05, 4.69) is 4.98 Å². The Morgan fingerprint density at radius 1 is 1.13 bits per heavy atom. The number of benzene rings is 2. The van der Waals surface area contributed by atoms with E-state index in [0.717, 1.165) is 5.69 Å². The number of carboxylic acid groups (broad SMARTS) is 1. The summed E-state index contributed by atoms with van der Waals surface area (Å²) in [6, 6.07) is 9.43. The molecule has 1 atom stereocenters. The number of hydrogen-bond acceptors (Lipinski definition) is 4. The minimum Gasteiger partial charge on any atom is -0.477 e. The maximum atomic E-state index is 13.3. The van der Waals surface area contributed by atoms with E-state index in [4.69, 9.17) is 23.2 Å². The minimum atomic E-state index is -1.08. The molecule has 6 nitrogen and oxygen atoms in total. The lowest BCUT2D eigenvalue weighted by Gasteiger charge is -2.38. The normalized spacial score (nSPS) is 16.2. The van der Waals surface area contributed by atoms with Crippen molar-refractivity contribution in [2.45, 2.75) is 12.6 Å². The quantitative estimate of drug-likeness (QED) is 0.546. The molecule has 0 aliphatic carbocycles. The van der Waals surface area contributed by atoms with Crippen molar-refractivity contribution in [1.29, 1.82) is 0 Å². The fourth-order valence-electron chi connectivity index (χ4n) is 3.92. The second-order valence-corrected chi connectivity index (χ2v) is 8.12. The molecule has 0 saturated carbocycles. The van der Waals surface area contributed by atoms with Crippen LogP contribution >= 0.6 is 23.2 Å². The number of H-pyrrole nitrogens is 1. The molecule has 3 N–H and O–H groups in total. The van der Waals surface area contributed by atoms with Crippen molar-refractivity contribution in [1.82, 2.24) is 9.88 Å². The van der Waals surface area contributed by atoms with Gasteiger partial charge in [-0.2, -0.15) is 0 Å². The number of anilines is 1. The van der Waals surface area contributed by atoms with Gasteiger partial charge < -0.3 is 20.1 Å². The molecule has 3 aromatic rings. The first-order chi connectivity index (χ1) is 14.3. The van der Waals surface area contributed by atoms with E-state index in [9.17, 15) is 19.4 Å². The van der Waals surface area contributed by atoms with Gasteiger partial charge in [-0.25, -0.2) is 9.18 Å². The van der Waals surface area contributed by atoms with Gasteiger partial charge in [-0.3, -0.25) is 4.90 Å². The Morgan fingerprint density at radius 2 is 1.87 bits per heavy atom. The third kappa shape index (κ3) is 4.11. The zero-order valence-electron chi connectivity index (χ0n) is 15.9. The molecular formula is C21H20Cl2FN3O3. The standard InChI is InChI=1S/C21H20Cl2FN3O3/c22-12-1-3-17-14(9-12)15(20(25-17)21(29)30)11-19(28)27-7-5-26(6-8-27)18-4-2-13(24)10-16(18)23/h1-4,9-10,19,25,28H,5-8,11H2,(H,29,30). The van der Waals surface area contributed by atoms with E-state index < -0.39 is 12.2 Å². The maximum absolute atomic E-state index is 13.3. The highest BCUT2D eigenvalue weighted by Crippen LogP contribution is 2.29. The largest absolute Gasteiger partial charge is 0.477 e. The van der Waals surface area contributed by atoms with Gasteiger partial charge in [0.15, 0.2) is 0 Å². The third-order valence-electron chi connectivity index (χ3n) is 5.45. The first-order valence-corrected chi connectivity index (χ1v) is 10.2. The number of aromatic carboxylic acids is 1. The minimum absolute atomic E-state index is 0.0584. The third-order valence-corrected chi connectivity index (χ3v) is 5.99. The Balaban J connectivity index is 1.49. The van der Waals surface area contributed by atoms with Crippen molar-refractivity contribution < 1.29 is 19.4 Å². The van der Waals surface area contributed by atoms with Crippen LogP contribution in [0, 0.1) is 5.82 Å². The van der Waals surface area contributed by atoms with Gasteiger partial charge in [0.25, 0.3) is 0 Å². The average molecular weight is 452 g/mol. The van der Waals surface area contributed by atoms with E-state index in [1.807, 2.05) is 9.80 Å². The van der Waals surface area contributed by atoms with Crippen LogP contribution in [-0.2, 0) is 6.42 Å². The SMILES string of the molecule is O=C(O)c1[nH]c2ccc(Cl)cc2c1CC(O)N1CCN(c2ccc(F)cc2Cl)CC1. The molecule has 2 heterocycles. The summed E-state index contributed by atoms with van der Waals surface area (Å²) in [5.41, 5.74) is 2.00. The Hall–Kier alpha value is -2.32. The fourth-order valence-corrected chi connectivity index (χ4v) is 4.38. The number of aliphatic hydroxyl groups is 1. The number of carboxylic acids is 1. The smallest absolute Gasteiger partial charge is 0.352 e. The van der Waals surface area contributed by atoms with Crippen molar-refractivity contribution in [2.75, 3.05) is 31.1 Å². The van der Waals surface area contributed by atoms with E-state index >= 15 is 0 Å². The predicted molar refractivity (Wildman–Crippen MR) is 115 cm³/mol. The summed E-state index contributed by atoms with van der Waals surface area (Å²) < 4.78 is 13.3. The molecule has 9 heteroatoms. The summed E-state index contributed by atoms with van der Waals surface area (Å²) in [6.07, 6.45) is -0.703. The van der Waals surface area contributed by atoms with Gasteiger partial charge in [-0.15, -0.1) is 0 Å². The molecule has 0 radical (unpaired) electrons. The zero-order chi connectivity index (χ0) is 21.4. The van der Waals surface area contributed by atoms with Crippen LogP contribution < -0.4 is 4.90 Å². The molecule has 0 amide bonds. The molecule has 0 spiro atoms. The summed E-state index contributed by atoms with van der Waals surface area (Å²) in [5.74, 6) is -1.47. The van der Waals surface area contributed by atoms with Crippen molar-refractivity contribution in [3.8, 4) is 0 Å². The maximum Gasteiger partial charge on any atom is 0.352 e. The van der Waals surface area contributed by atoms with Crippen LogP contribution in [0.4, 0.5) is 10.1 Å². The first-order valence-electron chi connectivity index (χ1n) is 9.49. The molecule has 4 rings (SSSR count). The number of nitrogens with one attached hydrogen (secondary N) is 1. The van der Waals surface area contributed by atoms with Crippen LogP contribution in [-0.4, -0.2) is 58.5 Å². The second-order valence-electron chi connectivity index (χ2n) is 7.28. The molecule has 1 saturated heterocycles. The van der Waals surface area contributed by atoms with Gasteiger partial charge in [0.2, 0.25) is 0 Å². The number of carbonyl (C=O) groups is 1. The van der Waals surface area contributed by atoms with Crippen molar-refractivity contribution >= 4 is 45.8 Å². The molecule has 1 unspecified atom stereocenters. The van der Waals surface area contributed by atoms with E-state index in [1.165, 1.54) is 12.1 Å². The molecule has 0 bridgehead atoms. The lowest BCUT2D eigenvalue weighted by molar-refractivity contribution is 0.00117. The second kappa shape index (κ2) is 8.43. The highest BCUT2D eigenvalue weighted by molar-refractivity contribution is 6.33. The summed E-state index contributed by atoms with van der Waals surface area (Å²) in [5, 5.41) is 21.9. The number of piperazine rings is 1. The molecule has 30 heavy (non-hydrogen) atoms. The van der Waals surface area contributed by atoms with Crippen LogP contribution in [0.2, 0.25) is 10.0 Å². The number of aliphatic hydroxyl groups excluding tert-OH is 1. The van der Waals surface area contributed by atoms with Crippen LogP contribution in [0.15, 0.2) is 36.4 Å². The topological polar surface area (TPSA) is 79.8 Å². The molecule has 2 aromatic carbocycles. The van der Waals surface area contributed by atoms with Crippen LogP contribution in [0.3, 0.4) is 0 Å². The molecule has 1 aliphatic heterocycles. The van der Waals surface area contributed by atoms with Crippen molar-refractivity contribution in [3.63, 3.8) is 0 Å². The molecule has 158 valence electrons. The Labute approximate surface area is 182 Å². The van der Waals surface area contributed by atoms with E-state index in [1.54, 1.807) is 24.3 Å². The summed E-state index contributed by atoms with van der Waals surface area (Å²) in [6.45, 7) is 2.32. The van der Waals surface area contributed by atoms with Gasteiger partial charge in [0.1, 0.15) is 17.7 Å². The summed E-state index contributed by atoms with van der Waals surface area (Å²) >= 11 is 12.2. The Bertz CT molecular complexity index is 1100. The van der Waals surface area contributed by atoms with Crippen molar-refractivity contribution in [2.24, 2.45) is 0 Å². The fraction of sp³-hybridized carbons (Fsp3) is 0.286. The lowest BCUT2D eigenvalue weighted by atomic mass is 10.1. The number of rotatable bonds is 5. The number of halogens is 3. The highest BCUT2D eigenvalue weighted by Gasteiger charge is 2.27. The van der Waals surface area contributed by atoms with E-state index in [-0.39, 0.29) is 17.9 Å². The van der Waals surface area contributed by atoms with Crippen molar-refractivity contribution in [3.05, 3.63) is 63.5 Å². The van der Waals surface area contributed by atoms with Gasteiger partial charge >= 0.3 is 5.97 Å². The number of nitrogens with zero attached hydrogens (tertiary/aromatic N) is 2. The number of aromatic amines is 1. The van der Waals surface area contributed by atoms with Gasteiger partial charge in [-0.1, -0.05) is 23.2 Å². The van der Waals surface area contributed by atoms with Crippen LogP contribution in [0.5, 0.6) is 0 Å². The zero-order valence-corrected chi connectivity index (χ0v) is 17.4. The van der Waals surface area contributed by atoms with Crippen LogP contribution in [0.25, 0.3) is 10.9 Å². The predicted octanol–water partition coefficient (Wildman–Crippen LogP) is 4.00. The average Bonchev–Trinajstić information content (AvgIpc) is 3.06. The number of fused-ring (bicyclic) bond motifs is 1. The monoisotopic (exact) mass is 451 g/mol. The number of aromatic nitrogens is 1. The van der Waals surface area contributed by atoms with Gasteiger partial charge in [0, 0.05) is 48.5 Å². The lowest BCUT2D eigenvalue weighted by Crippen LogP contribution is -2.51. The molecule has 1 aliphatic rings. The molecule has 1 fully saturated rings. The van der Waals surface area contributed by atoms with Gasteiger partial charge in [0.05, 0.1) is 10.7 Å². The Kier molecular flexibility index (Phi) is 5.88. The Morgan fingerprint density at radius 3 is 2.53 bits per heavy atom. The molecule has 1 aromatic heterocycles. The van der Waals surface area contributed by atoms with Gasteiger partial charge in [-0.05, 0) is 42.0 Å². The first kappa shape index (κ1) is 20.9. The highest BCUT2D eigenvalue weighted by atomic mass is 35.5. The van der Waals surface area contributed by atoms with Crippen LogP contribution in [0.1, 0.15) is 16.1 Å². The number of hydrogen-bond donors (Lipinski definition) is 3. The summed E-state index contributed by atoms with van der Waals surface area (Å²) in [7, 11) is 0. The summed E-state index contributed by atoms with van der Waals surface area (Å²) in [4.78, 5) is 18.5. The van der Waals surface area contributed by atoms with E-state index in [0.29, 0.717) is 52.7 Å². The molecular weight excluding hydrogens is 432 g/mol.